The first kappa shape index (κ1) is 6.15. The van der Waals surface area contributed by atoms with E-state index in [1.165, 1.54) is 0 Å². The van der Waals surface area contributed by atoms with E-state index in [1.807, 2.05) is 6.92 Å². The molecular weight excluding hydrogens is 142 g/mol. The summed E-state index contributed by atoms with van der Waals surface area (Å²) in [6.45, 7) is 1.94. The number of nitrogen functional groups attached to an aromatic ring is 1. The van der Waals surface area contributed by atoms with Crippen LogP contribution in [-0.4, -0.2) is 9.97 Å². The Labute approximate surface area is 63.1 Å². The Morgan fingerprint density at radius 1 is 1.55 bits per heavy atom. The molecule has 0 aliphatic heterocycles. The fourth-order valence-corrected chi connectivity index (χ4v) is 0.947. The summed E-state index contributed by atoms with van der Waals surface area (Å²) in [5.41, 5.74) is 6.93. The molecule has 2 aromatic heterocycles. The molecule has 0 aromatic carbocycles. The van der Waals surface area contributed by atoms with Crippen LogP contribution in [0.5, 0.6) is 0 Å². The monoisotopic (exact) mass is 149 g/mol. The summed E-state index contributed by atoms with van der Waals surface area (Å²) in [5, 5.41) is 0.916. The molecule has 0 saturated carbocycles. The number of rotatable bonds is 0. The summed E-state index contributed by atoms with van der Waals surface area (Å²) in [5.74, 6) is 0.242. The minimum atomic E-state index is 0.242. The van der Waals surface area contributed by atoms with Gasteiger partial charge in [0.25, 0.3) is 0 Å². The lowest BCUT2D eigenvalue weighted by molar-refractivity contribution is 0.600. The average molecular weight is 149 g/mol. The Morgan fingerprint density at radius 3 is 3.18 bits per heavy atom. The van der Waals surface area contributed by atoms with Gasteiger partial charge in [0.1, 0.15) is 0 Å². The van der Waals surface area contributed by atoms with Gasteiger partial charge >= 0.3 is 0 Å². The molecule has 11 heavy (non-hydrogen) atoms. The molecule has 0 aliphatic rings. The van der Waals surface area contributed by atoms with Crippen molar-refractivity contribution in [3.8, 4) is 0 Å². The normalized spacial score (nSPS) is 10.6. The van der Waals surface area contributed by atoms with Crippen LogP contribution >= 0.6 is 0 Å². The van der Waals surface area contributed by atoms with Crippen molar-refractivity contribution in [2.24, 2.45) is 0 Å². The van der Waals surface area contributed by atoms with Gasteiger partial charge in [0.05, 0.1) is 11.6 Å². The van der Waals surface area contributed by atoms with Crippen LogP contribution in [0.3, 0.4) is 0 Å². The van der Waals surface area contributed by atoms with E-state index in [-0.39, 0.29) is 5.95 Å². The first-order chi connectivity index (χ1) is 5.27. The van der Waals surface area contributed by atoms with E-state index in [0.29, 0.717) is 5.71 Å². The van der Waals surface area contributed by atoms with Gasteiger partial charge in [-0.05, 0) is 12.5 Å². The topological polar surface area (TPSA) is 64.9 Å². The highest BCUT2D eigenvalue weighted by atomic mass is 16.3. The predicted molar refractivity (Wildman–Crippen MR) is 41.0 cm³/mol. The number of anilines is 1. The summed E-state index contributed by atoms with van der Waals surface area (Å²) < 4.78 is 5.10. The van der Waals surface area contributed by atoms with Gasteiger partial charge in [0, 0.05) is 6.20 Å². The fourth-order valence-electron chi connectivity index (χ4n) is 0.947. The van der Waals surface area contributed by atoms with Crippen LogP contribution < -0.4 is 5.73 Å². The molecule has 4 heteroatoms. The molecule has 56 valence electrons. The number of fused-ring (bicyclic) bond motifs is 1. The van der Waals surface area contributed by atoms with Gasteiger partial charge in [-0.3, -0.25) is 0 Å². The predicted octanol–water partition coefficient (Wildman–Crippen LogP) is 1.11. The van der Waals surface area contributed by atoms with E-state index in [2.05, 4.69) is 9.97 Å². The number of nitrogens with two attached hydrogens (primary N) is 1. The van der Waals surface area contributed by atoms with E-state index >= 15 is 0 Å². The van der Waals surface area contributed by atoms with Crippen LogP contribution in [-0.2, 0) is 0 Å². The van der Waals surface area contributed by atoms with Crippen molar-refractivity contribution in [3.05, 3.63) is 18.0 Å². The van der Waals surface area contributed by atoms with Gasteiger partial charge in [-0.25, -0.2) is 4.98 Å². The Balaban J connectivity index is 2.86. The van der Waals surface area contributed by atoms with Crippen LogP contribution in [0.15, 0.2) is 16.9 Å². The second-order valence-electron chi connectivity index (χ2n) is 2.37. The molecule has 0 amide bonds. The Morgan fingerprint density at radius 2 is 2.36 bits per heavy atom. The number of hydrogen-bond acceptors (Lipinski definition) is 4. The number of aromatic nitrogens is 2. The van der Waals surface area contributed by atoms with Crippen molar-refractivity contribution < 1.29 is 4.42 Å². The van der Waals surface area contributed by atoms with Gasteiger partial charge in [0.15, 0.2) is 0 Å². The van der Waals surface area contributed by atoms with Crippen LogP contribution in [0.4, 0.5) is 5.95 Å². The molecule has 0 fully saturated rings. The maximum absolute atomic E-state index is 5.35. The van der Waals surface area contributed by atoms with Crippen LogP contribution in [0.2, 0.25) is 0 Å². The Bertz CT molecular complexity index is 393. The minimum absolute atomic E-state index is 0.242. The summed E-state index contributed by atoms with van der Waals surface area (Å²) in [7, 11) is 0. The van der Waals surface area contributed by atoms with Crippen LogP contribution in [0, 0.1) is 6.92 Å². The smallest absolute Gasteiger partial charge is 0.230 e. The van der Waals surface area contributed by atoms with Gasteiger partial charge in [0.2, 0.25) is 11.7 Å². The van der Waals surface area contributed by atoms with Gasteiger partial charge in [-0.15, -0.1) is 0 Å². The summed E-state index contributed by atoms with van der Waals surface area (Å²) in [4.78, 5) is 7.74. The van der Waals surface area contributed by atoms with Crippen LogP contribution in [0.1, 0.15) is 5.56 Å². The van der Waals surface area contributed by atoms with Crippen molar-refractivity contribution in [3.63, 3.8) is 0 Å². The lowest BCUT2D eigenvalue weighted by atomic mass is 10.3. The number of aryl methyl sites for hydroxylation is 1. The summed E-state index contributed by atoms with van der Waals surface area (Å²) in [6, 6.07) is 0. The SMILES string of the molecule is Cc1coc2nc(N)ncc12. The molecule has 0 bridgehead atoms. The molecule has 2 N–H and O–H groups in total. The zero-order valence-electron chi connectivity index (χ0n) is 6.03. The zero-order valence-corrected chi connectivity index (χ0v) is 6.03. The van der Waals surface area contributed by atoms with Crippen LogP contribution in [0.25, 0.3) is 11.1 Å². The quantitative estimate of drug-likeness (QED) is 0.609. The molecule has 0 saturated heterocycles. The van der Waals surface area contributed by atoms with Crippen molar-refractivity contribution >= 4 is 17.0 Å². The molecule has 4 nitrogen and oxygen atoms in total. The van der Waals surface area contributed by atoms with Crippen molar-refractivity contribution in [1.82, 2.24) is 9.97 Å². The zero-order chi connectivity index (χ0) is 7.84. The van der Waals surface area contributed by atoms with E-state index in [9.17, 15) is 0 Å². The molecule has 0 unspecified atom stereocenters. The molecule has 2 heterocycles. The molecule has 0 atom stereocenters. The van der Waals surface area contributed by atoms with Gasteiger partial charge in [-0.2, -0.15) is 4.98 Å². The fraction of sp³-hybridized carbons (Fsp3) is 0.143. The molecule has 0 radical (unpaired) electrons. The van der Waals surface area contributed by atoms with E-state index in [1.54, 1.807) is 12.5 Å². The molecule has 0 spiro atoms. The Hall–Kier alpha value is -1.58. The number of furan rings is 1. The minimum Gasteiger partial charge on any atom is -0.446 e. The van der Waals surface area contributed by atoms with Gasteiger partial charge in [-0.1, -0.05) is 0 Å². The third-order valence-electron chi connectivity index (χ3n) is 1.54. The number of nitrogens with zero attached hydrogens (tertiary/aromatic N) is 2. The molecule has 2 rings (SSSR count). The largest absolute Gasteiger partial charge is 0.446 e. The standard InChI is InChI=1S/C7H7N3O/c1-4-3-11-6-5(4)2-9-7(8)10-6/h2-3H,1H3,(H2,8,9,10). The van der Waals surface area contributed by atoms with E-state index in [4.69, 9.17) is 10.2 Å². The number of hydrogen-bond donors (Lipinski definition) is 1. The summed E-state index contributed by atoms with van der Waals surface area (Å²) >= 11 is 0. The first-order valence-electron chi connectivity index (χ1n) is 3.23. The third kappa shape index (κ3) is 0.832. The van der Waals surface area contributed by atoms with Crippen molar-refractivity contribution in [2.75, 3.05) is 5.73 Å². The molecule has 2 aromatic rings. The highest BCUT2D eigenvalue weighted by Gasteiger charge is 2.02. The lowest BCUT2D eigenvalue weighted by Gasteiger charge is -1.89. The van der Waals surface area contributed by atoms with Crippen molar-refractivity contribution in [2.45, 2.75) is 6.92 Å². The Kier molecular flexibility index (Phi) is 1.09. The lowest BCUT2D eigenvalue weighted by Crippen LogP contribution is -1.92. The van der Waals surface area contributed by atoms with E-state index < -0.39 is 0 Å². The second-order valence-corrected chi connectivity index (χ2v) is 2.37. The average Bonchev–Trinajstić information content (AvgIpc) is 2.32. The third-order valence-corrected chi connectivity index (χ3v) is 1.54. The highest BCUT2D eigenvalue weighted by molar-refractivity contribution is 5.76. The van der Waals surface area contributed by atoms with Crippen molar-refractivity contribution in [1.29, 1.82) is 0 Å². The van der Waals surface area contributed by atoms with E-state index in [0.717, 1.165) is 10.9 Å². The maximum atomic E-state index is 5.35. The highest BCUT2D eigenvalue weighted by Crippen LogP contribution is 2.17. The molecule has 0 aliphatic carbocycles. The summed E-state index contributed by atoms with van der Waals surface area (Å²) in [6.07, 6.45) is 3.30. The van der Waals surface area contributed by atoms with Gasteiger partial charge < -0.3 is 10.2 Å². The first-order valence-corrected chi connectivity index (χ1v) is 3.23. The molecular formula is C7H7N3O. The second kappa shape index (κ2) is 1.95. The maximum Gasteiger partial charge on any atom is 0.230 e.